The van der Waals surface area contributed by atoms with Gasteiger partial charge >= 0.3 is 5.69 Å². The molecule has 0 fully saturated rings. The Morgan fingerprint density at radius 1 is 0.875 bits per heavy atom. The maximum atomic E-state index is 12.7. The lowest BCUT2D eigenvalue weighted by Gasteiger charge is -2.10. The molecule has 1 N–H and O–H groups in total. The molecule has 0 aliphatic heterocycles. The van der Waals surface area contributed by atoms with Crippen LogP contribution >= 0.6 is 0 Å². The minimum Gasteiger partial charge on any atom is -0.295 e. The highest BCUT2D eigenvalue weighted by molar-refractivity contribution is 7.92. The van der Waals surface area contributed by atoms with Gasteiger partial charge in [0.2, 0.25) is 0 Å². The molecule has 126 valence electrons. The Morgan fingerprint density at radius 2 is 1.46 bits per heavy atom. The average Bonchev–Trinajstić information content (AvgIpc) is 2.70. The quantitative estimate of drug-likeness (QED) is 0.791. The monoisotopic (exact) mass is 345 g/mol. The molecule has 2 aromatic carbocycles. The smallest absolute Gasteiger partial charge is 0.295 e. The molecular weight excluding hydrogens is 326 g/mol. The van der Waals surface area contributed by atoms with Gasteiger partial charge in [-0.2, -0.15) is 0 Å². The Bertz CT molecular complexity index is 1090. The minimum absolute atomic E-state index is 0.121. The molecule has 0 radical (unpaired) electrons. The molecule has 0 saturated heterocycles. The fourth-order valence-electron chi connectivity index (χ4n) is 2.90. The molecule has 24 heavy (non-hydrogen) atoms. The van der Waals surface area contributed by atoms with Crippen LogP contribution < -0.4 is 10.4 Å². The van der Waals surface area contributed by atoms with Gasteiger partial charge in [0.05, 0.1) is 15.9 Å². The lowest BCUT2D eigenvalue weighted by molar-refractivity contribution is 0.601. The van der Waals surface area contributed by atoms with Crippen molar-refractivity contribution < 1.29 is 8.42 Å². The standard InChI is InChI=1S/C17H19N3O3S/c1-11-7-12(2)9-13(8-11)18-24(22,23)14-5-6-15-16(10-14)20(4)17(21)19(15)3/h5-10,18H,1-4H3. The molecule has 0 unspecified atom stereocenters. The Kier molecular flexibility index (Phi) is 3.76. The zero-order valence-corrected chi connectivity index (χ0v) is 14.8. The predicted molar refractivity (Wildman–Crippen MR) is 94.9 cm³/mol. The van der Waals surface area contributed by atoms with Crippen molar-refractivity contribution in [2.75, 3.05) is 4.72 Å². The SMILES string of the molecule is Cc1cc(C)cc(NS(=O)(=O)c2ccc3c(c2)n(C)c(=O)n3C)c1. The summed E-state index contributed by atoms with van der Waals surface area (Å²) < 4.78 is 30.9. The molecule has 1 heterocycles. The summed E-state index contributed by atoms with van der Waals surface area (Å²) in [4.78, 5) is 12.1. The molecule has 0 bridgehead atoms. The van der Waals surface area contributed by atoms with Crippen molar-refractivity contribution in [2.24, 2.45) is 14.1 Å². The van der Waals surface area contributed by atoms with Gasteiger partial charge in [0, 0.05) is 19.8 Å². The summed E-state index contributed by atoms with van der Waals surface area (Å²) in [5.41, 5.74) is 3.55. The number of hydrogen-bond acceptors (Lipinski definition) is 3. The van der Waals surface area contributed by atoms with Gasteiger partial charge in [-0.1, -0.05) is 6.07 Å². The van der Waals surface area contributed by atoms with E-state index in [1.165, 1.54) is 21.3 Å². The number of benzene rings is 2. The van der Waals surface area contributed by atoms with Crippen LogP contribution in [0.4, 0.5) is 5.69 Å². The third-order valence-electron chi connectivity index (χ3n) is 4.03. The third-order valence-corrected chi connectivity index (χ3v) is 5.41. The first kappa shape index (κ1) is 16.3. The normalized spacial score (nSPS) is 11.8. The zero-order valence-electron chi connectivity index (χ0n) is 14.0. The van der Waals surface area contributed by atoms with Crippen LogP contribution in [-0.2, 0) is 24.1 Å². The molecule has 0 saturated carbocycles. The number of nitrogens with one attached hydrogen (secondary N) is 1. The first-order valence-corrected chi connectivity index (χ1v) is 8.94. The Hall–Kier alpha value is -2.54. The molecule has 0 amide bonds. The molecule has 3 aromatic rings. The predicted octanol–water partition coefficient (Wildman–Crippen LogP) is 2.29. The van der Waals surface area contributed by atoms with Crippen molar-refractivity contribution in [1.29, 1.82) is 0 Å². The highest BCUT2D eigenvalue weighted by Gasteiger charge is 2.17. The largest absolute Gasteiger partial charge is 0.328 e. The second-order valence-corrected chi connectivity index (χ2v) is 7.72. The van der Waals surface area contributed by atoms with E-state index in [4.69, 9.17) is 0 Å². The number of fused-ring (bicyclic) bond motifs is 1. The highest BCUT2D eigenvalue weighted by Crippen LogP contribution is 2.22. The van der Waals surface area contributed by atoms with Crippen LogP contribution in [0.25, 0.3) is 11.0 Å². The molecule has 0 atom stereocenters. The van der Waals surface area contributed by atoms with Crippen LogP contribution in [0.15, 0.2) is 46.1 Å². The van der Waals surface area contributed by atoms with Crippen molar-refractivity contribution in [3.8, 4) is 0 Å². The summed E-state index contributed by atoms with van der Waals surface area (Å²) in [6, 6.07) is 10.2. The van der Waals surface area contributed by atoms with E-state index in [0.717, 1.165) is 11.1 Å². The van der Waals surface area contributed by atoms with Crippen LogP contribution in [0.2, 0.25) is 0 Å². The van der Waals surface area contributed by atoms with E-state index in [2.05, 4.69) is 4.72 Å². The van der Waals surface area contributed by atoms with E-state index in [1.54, 1.807) is 32.3 Å². The van der Waals surface area contributed by atoms with Crippen LogP contribution in [0.1, 0.15) is 11.1 Å². The van der Waals surface area contributed by atoms with Crippen LogP contribution in [0.5, 0.6) is 0 Å². The Morgan fingerprint density at radius 3 is 2.08 bits per heavy atom. The van der Waals surface area contributed by atoms with Crippen molar-refractivity contribution in [1.82, 2.24) is 9.13 Å². The summed E-state index contributed by atoms with van der Waals surface area (Å²) in [6.07, 6.45) is 0. The third kappa shape index (κ3) is 2.71. The molecule has 6 nitrogen and oxygen atoms in total. The molecule has 0 aliphatic rings. The van der Waals surface area contributed by atoms with E-state index in [1.807, 2.05) is 19.9 Å². The Labute approximate surface area is 140 Å². The molecule has 7 heteroatoms. The zero-order chi connectivity index (χ0) is 17.6. The topological polar surface area (TPSA) is 73.1 Å². The Balaban J connectivity index is 2.08. The van der Waals surface area contributed by atoms with E-state index in [9.17, 15) is 13.2 Å². The van der Waals surface area contributed by atoms with Gasteiger partial charge in [0.1, 0.15) is 0 Å². The van der Waals surface area contributed by atoms with Gasteiger partial charge in [-0.15, -0.1) is 0 Å². The fourth-order valence-corrected chi connectivity index (χ4v) is 3.96. The van der Waals surface area contributed by atoms with Crippen molar-refractivity contribution in [3.63, 3.8) is 0 Å². The number of imidazole rings is 1. The van der Waals surface area contributed by atoms with E-state index < -0.39 is 10.0 Å². The second-order valence-electron chi connectivity index (χ2n) is 6.03. The molecule has 0 spiro atoms. The number of aromatic nitrogens is 2. The number of rotatable bonds is 3. The number of sulfonamides is 1. The summed E-state index contributed by atoms with van der Waals surface area (Å²) in [6.45, 7) is 3.83. The number of nitrogens with zero attached hydrogens (tertiary/aromatic N) is 2. The fraction of sp³-hybridized carbons (Fsp3) is 0.235. The summed E-state index contributed by atoms with van der Waals surface area (Å²) in [7, 11) is -0.451. The number of anilines is 1. The maximum Gasteiger partial charge on any atom is 0.328 e. The van der Waals surface area contributed by atoms with E-state index in [-0.39, 0.29) is 10.6 Å². The first-order chi connectivity index (χ1) is 11.2. The van der Waals surface area contributed by atoms with E-state index >= 15 is 0 Å². The van der Waals surface area contributed by atoms with Gasteiger partial charge in [-0.05, 0) is 55.3 Å². The first-order valence-electron chi connectivity index (χ1n) is 7.45. The van der Waals surface area contributed by atoms with Crippen molar-refractivity contribution in [2.45, 2.75) is 18.7 Å². The minimum atomic E-state index is -3.73. The molecule has 1 aromatic heterocycles. The van der Waals surface area contributed by atoms with Crippen LogP contribution in [-0.4, -0.2) is 17.6 Å². The molecule has 3 rings (SSSR count). The van der Waals surface area contributed by atoms with Crippen LogP contribution in [0.3, 0.4) is 0 Å². The van der Waals surface area contributed by atoms with Crippen molar-refractivity contribution in [3.05, 3.63) is 58.0 Å². The maximum absolute atomic E-state index is 12.7. The van der Waals surface area contributed by atoms with Gasteiger partial charge in [-0.3, -0.25) is 13.9 Å². The van der Waals surface area contributed by atoms with Gasteiger partial charge in [-0.25, -0.2) is 13.2 Å². The number of aryl methyl sites for hydroxylation is 4. The second kappa shape index (κ2) is 5.52. The summed E-state index contributed by atoms with van der Waals surface area (Å²) in [5, 5.41) is 0. The van der Waals surface area contributed by atoms with Gasteiger partial charge in [0.25, 0.3) is 10.0 Å². The van der Waals surface area contributed by atoms with Gasteiger partial charge < -0.3 is 0 Å². The number of hydrogen-bond donors (Lipinski definition) is 1. The van der Waals surface area contributed by atoms with E-state index in [0.29, 0.717) is 16.7 Å². The summed E-state index contributed by atoms with van der Waals surface area (Å²) in [5.74, 6) is 0. The lowest BCUT2D eigenvalue weighted by Crippen LogP contribution is -2.19. The average molecular weight is 345 g/mol. The molecular formula is C17H19N3O3S. The molecule has 0 aliphatic carbocycles. The van der Waals surface area contributed by atoms with Crippen molar-refractivity contribution >= 4 is 26.7 Å². The lowest BCUT2D eigenvalue weighted by atomic mass is 10.1. The van der Waals surface area contributed by atoms with Gasteiger partial charge in [0.15, 0.2) is 0 Å². The highest BCUT2D eigenvalue weighted by atomic mass is 32.2. The summed E-state index contributed by atoms with van der Waals surface area (Å²) >= 11 is 0. The van der Waals surface area contributed by atoms with Crippen LogP contribution in [0, 0.1) is 13.8 Å².